The van der Waals surface area contributed by atoms with Crippen molar-refractivity contribution in [1.82, 2.24) is 4.37 Å². The van der Waals surface area contributed by atoms with Crippen LogP contribution in [0.3, 0.4) is 0 Å². The lowest BCUT2D eigenvalue weighted by Crippen LogP contribution is -2.15. The van der Waals surface area contributed by atoms with Gasteiger partial charge in [0.15, 0.2) is 15.7 Å². The van der Waals surface area contributed by atoms with Gasteiger partial charge in [-0.25, -0.2) is 8.42 Å². The molecule has 1 atom stereocenters. The van der Waals surface area contributed by atoms with Crippen LogP contribution in [0.4, 0.5) is 10.8 Å². The molecule has 1 saturated heterocycles. The third-order valence-electron chi connectivity index (χ3n) is 2.76. The normalized spacial score (nSPS) is 22.8. The van der Waals surface area contributed by atoms with Gasteiger partial charge in [0.2, 0.25) is 0 Å². The average molecular weight is 293 g/mol. The number of nitrogen functional groups attached to an aromatic ring is 1. The summed E-state index contributed by atoms with van der Waals surface area (Å²) in [5, 5.41) is 4.20. The van der Waals surface area contributed by atoms with E-state index in [1.807, 2.05) is 6.26 Å². The highest BCUT2D eigenvalue weighted by atomic mass is 32.2. The van der Waals surface area contributed by atoms with Crippen LogP contribution in [-0.4, -0.2) is 37.1 Å². The fourth-order valence-corrected chi connectivity index (χ4v) is 5.28. The molecule has 2 heterocycles. The monoisotopic (exact) mass is 293 g/mol. The van der Waals surface area contributed by atoms with E-state index in [9.17, 15) is 8.42 Å². The van der Waals surface area contributed by atoms with Gasteiger partial charge in [-0.05, 0) is 30.1 Å². The third-order valence-corrected chi connectivity index (χ3v) is 6.36. The first kappa shape index (κ1) is 13.0. The predicted molar refractivity (Wildman–Crippen MR) is 73.6 cm³/mol. The van der Waals surface area contributed by atoms with E-state index in [1.165, 1.54) is 11.5 Å². The summed E-state index contributed by atoms with van der Waals surface area (Å²) in [6.07, 6.45) is 2.70. The van der Waals surface area contributed by atoms with Gasteiger partial charge in [-0.15, -0.1) is 11.8 Å². The molecule has 0 bridgehead atoms. The van der Waals surface area contributed by atoms with E-state index in [1.54, 1.807) is 11.8 Å². The molecule has 0 spiro atoms. The molecule has 0 radical (unpaired) electrons. The molecule has 5 nitrogen and oxygen atoms in total. The molecular formula is C9H15N3O2S3. The van der Waals surface area contributed by atoms with Crippen molar-refractivity contribution < 1.29 is 8.42 Å². The maximum Gasteiger partial charge on any atom is 0.153 e. The molecule has 2 rings (SSSR count). The zero-order valence-electron chi connectivity index (χ0n) is 9.47. The summed E-state index contributed by atoms with van der Waals surface area (Å²) >= 11 is 2.88. The van der Waals surface area contributed by atoms with Crippen molar-refractivity contribution in [2.24, 2.45) is 5.92 Å². The average Bonchev–Trinajstić information content (AvgIpc) is 2.79. The molecule has 1 aliphatic heterocycles. The second kappa shape index (κ2) is 5.03. The molecule has 0 amide bonds. The van der Waals surface area contributed by atoms with Crippen molar-refractivity contribution in [2.75, 3.05) is 35.4 Å². The molecule has 1 aliphatic rings. The zero-order chi connectivity index (χ0) is 12.5. The number of hydrogen-bond acceptors (Lipinski definition) is 7. The Morgan fingerprint density at radius 3 is 3.00 bits per heavy atom. The molecule has 0 aromatic carbocycles. The molecule has 0 saturated carbocycles. The summed E-state index contributed by atoms with van der Waals surface area (Å²) in [7, 11) is -2.79. The Kier molecular flexibility index (Phi) is 3.84. The molecule has 96 valence electrons. The molecule has 1 aromatic rings. The van der Waals surface area contributed by atoms with Crippen molar-refractivity contribution in [3.63, 3.8) is 0 Å². The quantitative estimate of drug-likeness (QED) is 0.814. The van der Waals surface area contributed by atoms with Crippen LogP contribution in [0.5, 0.6) is 0 Å². The van der Waals surface area contributed by atoms with Crippen molar-refractivity contribution in [2.45, 2.75) is 11.3 Å². The topological polar surface area (TPSA) is 85.1 Å². The van der Waals surface area contributed by atoms with Gasteiger partial charge in [-0.2, -0.15) is 4.37 Å². The predicted octanol–water partition coefficient (Wildman–Crippen LogP) is 1.29. The van der Waals surface area contributed by atoms with Crippen LogP contribution in [0.15, 0.2) is 4.90 Å². The van der Waals surface area contributed by atoms with Crippen LogP contribution in [0.25, 0.3) is 0 Å². The number of nitrogens with zero attached hydrogens (tertiary/aromatic N) is 1. The molecule has 3 N–H and O–H groups in total. The van der Waals surface area contributed by atoms with E-state index < -0.39 is 9.84 Å². The molecule has 8 heteroatoms. The van der Waals surface area contributed by atoms with Crippen LogP contribution in [0, 0.1) is 5.92 Å². The summed E-state index contributed by atoms with van der Waals surface area (Å²) in [6.45, 7) is 0.675. The molecule has 1 fully saturated rings. The molecule has 1 unspecified atom stereocenters. The first-order valence-corrected chi connectivity index (χ1v) is 9.07. The maximum absolute atomic E-state index is 11.3. The summed E-state index contributed by atoms with van der Waals surface area (Å²) in [4.78, 5) is 0.954. The minimum Gasteiger partial charge on any atom is -0.382 e. The Balaban J connectivity index is 1.94. The standard InChI is InChI=1S/C9H15N3O2S3/c1-15-7-8(10)12-16-9(7)11-4-6-2-3-17(13,14)5-6/h6,11H,2-5H2,1H3,(H2,10,12). The Hall–Kier alpha value is -0.470. The fraction of sp³-hybridized carbons (Fsp3) is 0.667. The van der Waals surface area contributed by atoms with Gasteiger partial charge >= 0.3 is 0 Å². The number of rotatable bonds is 4. The van der Waals surface area contributed by atoms with Gasteiger partial charge in [0, 0.05) is 6.54 Å². The lowest BCUT2D eigenvalue weighted by Gasteiger charge is -2.09. The first-order chi connectivity index (χ1) is 8.02. The second-order valence-corrected chi connectivity index (χ2v) is 7.90. The number of sulfone groups is 1. The lowest BCUT2D eigenvalue weighted by molar-refractivity contribution is 0.596. The number of nitrogens with two attached hydrogens (primary N) is 1. The van der Waals surface area contributed by atoms with Crippen LogP contribution in [0.2, 0.25) is 0 Å². The van der Waals surface area contributed by atoms with Gasteiger partial charge in [0.25, 0.3) is 0 Å². The lowest BCUT2D eigenvalue weighted by atomic mass is 10.1. The van der Waals surface area contributed by atoms with Crippen LogP contribution >= 0.6 is 23.3 Å². The van der Waals surface area contributed by atoms with E-state index in [2.05, 4.69) is 9.69 Å². The minimum atomic E-state index is -2.79. The minimum absolute atomic E-state index is 0.207. The molecule has 17 heavy (non-hydrogen) atoms. The van der Waals surface area contributed by atoms with E-state index in [0.717, 1.165) is 16.3 Å². The molecule has 0 aliphatic carbocycles. The van der Waals surface area contributed by atoms with E-state index >= 15 is 0 Å². The largest absolute Gasteiger partial charge is 0.382 e. The fourth-order valence-electron chi connectivity index (χ4n) is 1.87. The van der Waals surface area contributed by atoms with Crippen molar-refractivity contribution >= 4 is 44.0 Å². The maximum atomic E-state index is 11.3. The molecule has 1 aromatic heterocycles. The summed E-state index contributed by atoms with van der Waals surface area (Å²) in [5.41, 5.74) is 5.72. The van der Waals surface area contributed by atoms with Gasteiger partial charge in [-0.1, -0.05) is 0 Å². The highest BCUT2D eigenvalue weighted by Crippen LogP contribution is 2.35. The third kappa shape index (κ3) is 3.05. The summed E-state index contributed by atoms with van der Waals surface area (Å²) in [5.74, 6) is 1.37. The second-order valence-electron chi connectivity index (χ2n) is 4.08. The zero-order valence-corrected chi connectivity index (χ0v) is 11.9. The SMILES string of the molecule is CSc1c(N)nsc1NCC1CCS(=O)(=O)C1. The van der Waals surface area contributed by atoms with Crippen LogP contribution in [0.1, 0.15) is 6.42 Å². The van der Waals surface area contributed by atoms with Crippen LogP contribution in [-0.2, 0) is 9.84 Å². The van der Waals surface area contributed by atoms with E-state index in [0.29, 0.717) is 23.9 Å². The summed E-state index contributed by atoms with van der Waals surface area (Å²) in [6, 6.07) is 0. The van der Waals surface area contributed by atoms with Gasteiger partial charge < -0.3 is 11.1 Å². The van der Waals surface area contributed by atoms with Crippen molar-refractivity contribution in [3.8, 4) is 0 Å². The number of anilines is 2. The number of aromatic nitrogens is 1. The van der Waals surface area contributed by atoms with Crippen molar-refractivity contribution in [1.29, 1.82) is 0 Å². The van der Waals surface area contributed by atoms with E-state index in [-0.39, 0.29) is 5.92 Å². The highest BCUT2D eigenvalue weighted by Gasteiger charge is 2.27. The molecular weight excluding hydrogens is 278 g/mol. The highest BCUT2D eigenvalue weighted by molar-refractivity contribution is 7.99. The van der Waals surface area contributed by atoms with Crippen LogP contribution < -0.4 is 11.1 Å². The van der Waals surface area contributed by atoms with Gasteiger partial charge in [-0.3, -0.25) is 0 Å². The van der Waals surface area contributed by atoms with Gasteiger partial charge in [0.1, 0.15) is 5.00 Å². The smallest absolute Gasteiger partial charge is 0.153 e. The Bertz CT molecular complexity index is 498. The number of nitrogens with one attached hydrogen (secondary N) is 1. The Morgan fingerprint density at radius 1 is 1.65 bits per heavy atom. The van der Waals surface area contributed by atoms with Crippen molar-refractivity contribution in [3.05, 3.63) is 0 Å². The summed E-state index contributed by atoms with van der Waals surface area (Å²) < 4.78 is 26.7. The Morgan fingerprint density at radius 2 is 2.41 bits per heavy atom. The number of thioether (sulfide) groups is 1. The first-order valence-electron chi connectivity index (χ1n) is 5.25. The van der Waals surface area contributed by atoms with Gasteiger partial charge in [0.05, 0.1) is 16.4 Å². The number of hydrogen-bond donors (Lipinski definition) is 2. The Labute approximate surface area is 109 Å². The van der Waals surface area contributed by atoms with E-state index in [4.69, 9.17) is 5.73 Å².